The van der Waals surface area contributed by atoms with Crippen LogP contribution in [0.4, 0.5) is 5.82 Å². The van der Waals surface area contributed by atoms with Crippen molar-refractivity contribution in [3.05, 3.63) is 64.0 Å². The van der Waals surface area contributed by atoms with Crippen molar-refractivity contribution in [3.63, 3.8) is 0 Å². The first kappa shape index (κ1) is 24.5. The topological polar surface area (TPSA) is 101 Å². The lowest BCUT2D eigenvalue weighted by atomic mass is 10.3. The Labute approximate surface area is 201 Å². The normalized spacial score (nSPS) is 10.7. The van der Waals surface area contributed by atoms with Gasteiger partial charge in [0.1, 0.15) is 5.75 Å². The zero-order valence-corrected chi connectivity index (χ0v) is 19.6. The van der Waals surface area contributed by atoms with E-state index in [4.69, 9.17) is 33.0 Å². The van der Waals surface area contributed by atoms with E-state index >= 15 is 0 Å². The van der Waals surface area contributed by atoms with Gasteiger partial charge in [-0.3, -0.25) is 19.1 Å². The number of anilines is 1. The van der Waals surface area contributed by atoms with Crippen LogP contribution in [0.1, 0.15) is 22.6 Å². The van der Waals surface area contributed by atoms with Crippen LogP contribution < -0.4 is 9.64 Å². The second-order valence-corrected chi connectivity index (χ2v) is 8.07. The molecule has 0 bridgehead atoms. The predicted octanol–water partition coefficient (Wildman–Crippen LogP) is 3.47. The highest BCUT2D eigenvalue weighted by molar-refractivity contribution is 6.30. The Morgan fingerprint density at radius 3 is 2.45 bits per heavy atom. The number of benzene rings is 1. The smallest absolute Gasteiger partial charge is 0.304 e. The van der Waals surface area contributed by atoms with Crippen LogP contribution in [0.15, 0.2) is 42.6 Å². The van der Waals surface area contributed by atoms with Gasteiger partial charge in [0.2, 0.25) is 6.41 Å². The van der Waals surface area contributed by atoms with Gasteiger partial charge in [0.25, 0.3) is 5.91 Å². The third-order valence-corrected chi connectivity index (χ3v) is 5.21. The average Bonchev–Trinajstić information content (AvgIpc) is 3.16. The van der Waals surface area contributed by atoms with E-state index in [9.17, 15) is 9.59 Å². The number of nitrogens with zero attached hydrogens (tertiary/aromatic N) is 5. The van der Waals surface area contributed by atoms with E-state index in [1.165, 1.54) is 23.0 Å². The Hall–Kier alpha value is -3.14. The summed E-state index contributed by atoms with van der Waals surface area (Å²) in [6.45, 7) is 0.392. The van der Waals surface area contributed by atoms with E-state index in [0.29, 0.717) is 40.9 Å². The minimum Gasteiger partial charge on any atom is -0.425 e. The van der Waals surface area contributed by atoms with Gasteiger partial charge in [-0.15, -0.1) is 0 Å². The Balaban J connectivity index is 2.12. The summed E-state index contributed by atoms with van der Waals surface area (Å²) in [6, 6.07) is 10.2. The van der Waals surface area contributed by atoms with Crippen molar-refractivity contribution in [2.24, 2.45) is 0 Å². The Morgan fingerprint density at radius 1 is 1.15 bits per heavy atom. The number of carbonyl (C=O) groups is 2. The fourth-order valence-corrected chi connectivity index (χ4v) is 3.25. The molecule has 0 unspecified atom stereocenters. The second-order valence-electron chi connectivity index (χ2n) is 7.20. The van der Waals surface area contributed by atoms with Gasteiger partial charge in [-0.1, -0.05) is 23.2 Å². The average molecular weight is 492 g/mol. The summed E-state index contributed by atoms with van der Waals surface area (Å²) in [5.41, 5.74) is 0.746. The molecule has 33 heavy (non-hydrogen) atoms. The molecular formula is C22H23Cl2N5O4. The van der Waals surface area contributed by atoms with E-state index in [-0.39, 0.29) is 36.6 Å². The second kappa shape index (κ2) is 11.1. The number of rotatable bonds is 10. The molecular weight excluding hydrogens is 469 g/mol. The maximum Gasteiger partial charge on any atom is 0.304 e. The van der Waals surface area contributed by atoms with Crippen LogP contribution in [-0.2, 0) is 11.3 Å². The molecule has 2 aromatic heterocycles. The van der Waals surface area contributed by atoms with Gasteiger partial charge in [0.05, 0.1) is 17.3 Å². The highest BCUT2D eigenvalue weighted by Crippen LogP contribution is 2.31. The summed E-state index contributed by atoms with van der Waals surface area (Å²) in [6.07, 6.45) is 2.47. The van der Waals surface area contributed by atoms with Crippen LogP contribution >= 0.6 is 23.2 Å². The Morgan fingerprint density at radius 2 is 1.85 bits per heavy atom. The minimum atomic E-state index is -0.389. The maximum absolute atomic E-state index is 13.4. The van der Waals surface area contributed by atoms with Crippen molar-refractivity contribution in [2.75, 3.05) is 32.1 Å². The number of halogens is 2. The SMILES string of the molecule is CN(CCCO)C(=O)c1c(N(C)C=O)nc(Oc2ccc(Cl)cc2)n1Cc1ccc(Cl)cn1. The molecule has 0 aliphatic heterocycles. The first-order valence-electron chi connectivity index (χ1n) is 10.0. The van der Waals surface area contributed by atoms with Crippen molar-refractivity contribution in [2.45, 2.75) is 13.0 Å². The van der Waals surface area contributed by atoms with Gasteiger partial charge in [0, 0.05) is 38.5 Å². The molecule has 0 spiro atoms. The van der Waals surface area contributed by atoms with Gasteiger partial charge >= 0.3 is 6.01 Å². The molecule has 9 nitrogen and oxygen atoms in total. The first-order chi connectivity index (χ1) is 15.8. The zero-order chi connectivity index (χ0) is 24.0. The van der Waals surface area contributed by atoms with Crippen LogP contribution in [0, 0.1) is 0 Å². The molecule has 1 aromatic carbocycles. The lowest BCUT2D eigenvalue weighted by Crippen LogP contribution is -2.32. The third-order valence-electron chi connectivity index (χ3n) is 4.74. The summed E-state index contributed by atoms with van der Waals surface area (Å²) in [5.74, 6) is 0.186. The van der Waals surface area contributed by atoms with Gasteiger partial charge in [-0.05, 0) is 42.8 Å². The molecule has 0 aliphatic rings. The van der Waals surface area contributed by atoms with Crippen molar-refractivity contribution >= 4 is 41.3 Å². The van der Waals surface area contributed by atoms with E-state index in [0.717, 1.165) is 0 Å². The molecule has 3 aromatic rings. The number of hydrogen-bond acceptors (Lipinski definition) is 6. The lowest BCUT2D eigenvalue weighted by Gasteiger charge is -2.20. The first-order valence-corrected chi connectivity index (χ1v) is 10.8. The van der Waals surface area contributed by atoms with Gasteiger partial charge in [0.15, 0.2) is 11.5 Å². The van der Waals surface area contributed by atoms with E-state index in [1.54, 1.807) is 48.0 Å². The van der Waals surface area contributed by atoms with Gasteiger partial charge < -0.3 is 19.6 Å². The van der Waals surface area contributed by atoms with E-state index < -0.39 is 0 Å². The molecule has 0 saturated carbocycles. The van der Waals surface area contributed by atoms with E-state index in [1.807, 2.05) is 0 Å². The fourth-order valence-electron chi connectivity index (χ4n) is 3.01. The molecule has 3 rings (SSSR count). The number of imidazole rings is 1. The monoisotopic (exact) mass is 491 g/mol. The summed E-state index contributed by atoms with van der Waals surface area (Å²) in [5, 5.41) is 10.2. The number of pyridine rings is 1. The maximum atomic E-state index is 13.4. The van der Waals surface area contributed by atoms with Crippen LogP contribution in [0.3, 0.4) is 0 Å². The number of ether oxygens (including phenoxy) is 1. The van der Waals surface area contributed by atoms with Crippen LogP contribution in [0.5, 0.6) is 11.8 Å². The molecule has 0 atom stereocenters. The number of amides is 2. The molecule has 2 amide bonds. The number of carbonyl (C=O) groups excluding carboxylic acids is 2. The van der Waals surface area contributed by atoms with Crippen LogP contribution in [-0.4, -0.2) is 64.1 Å². The molecule has 1 N–H and O–H groups in total. The molecule has 2 heterocycles. The molecule has 0 aliphatic carbocycles. The molecule has 174 valence electrons. The van der Waals surface area contributed by atoms with Gasteiger partial charge in [-0.2, -0.15) is 4.98 Å². The Kier molecular flexibility index (Phi) is 8.26. The number of aliphatic hydroxyl groups excluding tert-OH is 1. The lowest BCUT2D eigenvalue weighted by molar-refractivity contribution is -0.107. The third kappa shape index (κ3) is 6.01. The van der Waals surface area contributed by atoms with Crippen molar-refractivity contribution in [3.8, 4) is 11.8 Å². The molecule has 0 saturated heterocycles. The van der Waals surface area contributed by atoms with Crippen molar-refractivity contribution < 1.29 is 19.4 Å². The van der Waals surface area contributed by atoms with Crippen molar-refractivity contribution in [1.82, 2.24) is 19.4 Å². The summed E-state index contributed by atoms with van der Waals surface area (Å²) in [7, 11) is 3.11. The van der Waals surface area contributed by atoms with Crippen molar-refractivity contribution in [1.29, 1.82) is 0 Å². The van der Waals surface area contributed by atoms with Crippen LogP contribution in [0.25, 0.3) is 0 Å². The predicted molar refractivity (Wildman–Crippen MR) is 125 cm³/mol. The standard InChI is InChI=1S/C22H23Cl2N5O4/c1-27(10-3-11-30)21(32)19-20(28(2)14-31)26-22(33-18-8-5-15(23)6-9-18)29(19)13-17-7-4-16(24)12-25-17/h4-9,12,14,30H,3,10-11,13H2,1-2H3. The van der Waals surface area contributed by atoms with Gasteiger partial charge in [-0.25, -0.2) is 0 Å². The fraction of sp³-hybridized carbons (Fsp3) is 0.273. The molecule has 11 heteroatoms. The zero-order valence-electron chi connectivity index (χ0n) is 18.1. The van der Waals surface area contributed by atoms with Crippen LogP contribution in [0.2, 0.25) is 10.0 Å². The Bertz CT molecular complexity index is 1100. The summed E-state index contributed by atoms with van der Waals surface area (Å²) in [4.78, 5) is 36.4. The summed E-state index contributed by atoms with van der Waals surface area (Å²) < 4.78 is 7.53. The quantitative estimate of drug-likeness (QED) is 0.435. The minimum absolute atomic E-state index is 0.0579. The molecule has 0 fully saturated rings. The summed E-state index contributed by atoms with van der Waals surface area (Å²) >= 11 is 11.9. The largest absolute Gasteiger partial charge is 0.425 e. The highest BCUT2D eigenvalue weighted by Gasteiger charge is 2.29. The number of aliphatic hydroxyl groups is 1. The highest BCUT2D eigenvalue weighted by atomic mass is 35.5. The number of aromatic nitrogens is 3. The number of hydrogen-bond donors (Lipinski definition) is 1. The molecule has 0 radical (unpaired) electrons. The van der Waals surface area contributed by atoms with E-state index in [2.05, 4.69) is 9.97 Å².